The molecule has 4 atom stereocenters. The van der Waals surface area contributed by atoms with Gasteiger partial charge < -0.3 is 10.5 Å². The topological polar surface area (TPSA) is 55.6 Å². The van der Waals surface area contributed by atoms with E-state index < -0.39 is 6.04 Å². The monoisotopic (exact) mass is 310 g/mol. The van der Waals surface area contributed by atoms with Crippen molar-refractivity contribution in [3.8, 4) is 0 Å². The molecule has 2 N–H and O–H groups in total. The summed E-state index contributed by atoms with van der Waals surface area (Å²) in [5, 5.41) is 0. The highest BCUT2D eigenvalue weighted by atomic mass is 16.5. The Labute approximate surface area is 135 Å². The van der Waals surface area contributed by atoms with Crippen LogP contribution < -0.4 is 5.73 Å². The zero-order valence-corrected chi connectivity index (χ0v) is 15.2. The quantitative estimate of drug-likeness (QED) is 0.767. The lowest BCUT2D eigenvalue weighted by molar-refractivity contribution is -0.155. The molecule has 2 rings (SSSR count). The van der Waals surface area contributed by atoms with Crippen molar-refractivity contribution >= 4 is 5.97 Å². The number of hydrogen-bond donors (Lipinski definition) is 1. The molecular weight excluding hydrogens is 276 g/mol. The third-order valence-electron chi connectivity index (χ3n) is 7.33. The van der Waals surface area contributed by atoms with Crippen LogP contribution in [-0.2, 0) is 9.53 Å². The summed E-state index contributed by atoms with van der Waals surface area (Å²) in [7, 11) is 0. The number of hydrogen-bond acceptors (Lipinski definition) is 4. The summed E-state index contributed by atoms with van der Waals surface area (Å²) in [6.45, 7) is 15.5. The third kappa shape index (κ3) is 1.99. The summed E-state index contributed by atoms with van der Waals surface area (Å²) in [4.78, 5) is 15.0. The molecule has 2 saturated carbocycles. The van der Waals surface area contributed by atoms with E-state index in [1.54, 1.807) is 0 Å². The van der Waals surface area contributed by atoms with Crippen molar-refractivity contribution in [2.75, 3.05) is 19.7 Å². The Hall–Kier alpha value is -0.610. The molecule has 0 spiro atoms. The van der Waals surface area contributed by atoms with Crippen molar-refractivity contribution in [1.29, 1.82) is 0 Å². The molecule has 0 radical (unpaired) electrons. The summed E-state index contributed by atoms with van der Waals surface area (Å²) in [6.07, 6.45) is 3.41. The molecule has 0 unspecified atom stereocenters. The van der Waals surface area contributed by atoms with Gasteiger partial charge in [0.1, 0.15) is 6.04 Å². The zero-order chi connectivity index (χ0) is 16.8. The van der Waals surface area contributed by atoms with Crippen LogP contribution in [0.25, 0.3) is 0 Å². The fraction of sp³-hybridized carbons (Fsp3) is 0.944. The van der Waals surface area contributed by atoms with Crippen LogP contribution in [0.5, 0.6) is 0 Å². The van der Waals surface area contributed by atoms with Crippen molar-refractivity contribution in [3.05, 3.63) is 0 Å². The molecule has 0 aromatic rings. The highest BCUT2D eigenvalue weighted by Gasteiger charge is 2.72. The number of fused-ring (bicyclic) bond motifs is 2. The number of rotatable bonds is 6. The summed E-state index contributed by atoms with van der Waals surface area (Å²) in [5.74, 6) is 0.401. The molecule has 22 heavy (non-hydrogen) atoms. The first kappa shape index (κ1) is 17.7. The van der Waals surface area contributed by atoms with Crippen molar-refractivity contribution < 1.29 is 9.53 Å². The Balaban J connectivity index is 2.52. The van der Waals surface area contributed by atoms with Gasteiger partial charge in [0.2, 0.25) is 0 Å². The van der Waals surface area contributed by atoms with Crippen LogP contribution in [0.1, 0.15) is 60.8 Å². The van der Waals surface area contributed by atoms with Gasteiger partial charge in [-0.3, -0.25) is 9.69 Å². The van der Waals surface area contributed by atoms with Crippen molar-refractivity contribution in [1.82, 2.24) is 4.90 Å². The molecule has 0 saturated heterocycles. The van der Waals surface area contributed by atoms with Crippen LogP contribution in [0, 0.1) is 16.7 Å². The highest BCUT2D eigenvalue weighted by molar-refractivity contribution is 5.78. The first-order chi connectivity index (χ1) is 10.2. The minimum Gasteiger partial charge on any atom is -0.465 e. The number of esters is 1. The van der Waals surface area contributed by atoms with Gasteiger partial charge in [-0.05, 0) is 56.0 Å². The van der Waals surface area contributed by atoms with E-state index in [2.05, 4.69) is 39.5 Å². The fourth-order valence-corrected chi connectivity index (χ4v) is 5.69. The molecule has 2 aliphatic rings. The van der Waals surface area contributed by atoms with E-state index in [1.807, 2.05) is 6.92 Å². The number of ether oxygens (including phenoxy) is 1. The molecule has 0 heterocycles. The molecule has 0 aromatic heterocycles. The average Bonchev–Trinajstić information content (AvgIpc) is 2.80. The van der Waals surface area contributed by atoms with Gasteiger partial charge in [0.25, 0.3) is 0 Å². The molecule has 2 aliphatic carbocycles. The second kappa shape index (κ2) is 5.79. The first-order valence-electron chi connectivity index (χ1n) is 8.90. The van der Waals surface area contributed by atoms with Crippen LogP contribution in [0.2, 0.25) is 0 Å². The van der Waals surface area contributed by atoms with Gasteiger partial charge in [0, 0.05) is 0 Å². The van der Waals surface area contributed by atoms with Crippen LogP contribution in [0.3, 0.4) is 0 Å². The van der Waals surface area contributed by atoms with E-state index in [9.17, 15) is 4.79 Å². The third-order valence-corrected chi connectivity index (χ3v) is 7.33. The van der Waals surface area contributed by atoms with E-state index in [1.165, 1.54) is 6.42 Å². The lowest BCUT2D eigenvalue weighted by Crippen LogP contribution is -2.70. The second-order valence-corrected chi connectivity index (χ2v) is 7.82. The molecule has 0 aromatic carbocycles. The molecular formula is C18H34N2O2. The van der Waals surface area contributed by atoms with Crippen LogP contribution in [0.4, 0.5) is 0 Å². The Morgan fingerprint density at radius 1 is 1.27 bits per heavy atom. The molecule has 4 nitrogen and oxygen atoms in total. The number of nitrogens with two attached hydrogens (primary N) is 1. The Morgan fingerprint density at radius 2 is 1.86 bits per heavy atom. The number of carbonyl (C=O) groups excluding carboxylic acids is 1. The molecule has 2 bridgehead atoms. The summed E-state index contributed by atoms with van der Waals surface area (Å²) in [5.41, 5.74) is 6.54. The standard InChI is InChI=1S/C18H34N2O2/c1-7-20(8-2)18(14(19)15(21)22-9-3)12-13-10-11-17(18,6)16(13,4)5/h13-14H,7-12,19H2,1-6H3/t13-,14+,17-,18+/m0/s1. The Bertz CT molecular complexity index is 433. The number of carbonyl (C=O) groups is 1. The maximum absolute atomic E-state index is 12.5. The zero-order valence-electron chi connectivity index (χ0n) is 15.2. The van der Waals surface area contributed by atoms with E-state index >= 15 is 0 Å². The van der Waals surface area contributed by atoms with Crippen LogP contribution in [0.15, 0.2) is 0 Å². The van der Waals surface area contributed by atoms with Gasteiger partial charge in [0.15, 0.2) is 0 Å². The van der Waals surface area contributed by atoms with Gasteiger partial charge >= 0.3 is 5.97 Å². The normalized spacial score (nSPS) is 37.5. The highest BCUT2D eigenvalue weighted by Crippen LogP contribution is 2.71. The predicted octanol–water partition coefficient (Wildman–Crippen LogP) is 2.80. The first-order valence-corrected chi connectivity index (χ1v) is 8.90. The number of likely N-dealkylation sites (N-methyl/N-ethyl adjacent to an activating group) is 1. The lowest BCUT2D eigenvalue weighted by Gasteiger charge is -2.56. The smallest absolute Gasteiger partial charge is 0.324 e. The van der Waals surface area contributed by atoms with Gasteiger partial charge in [-0.1, -0.05) is 34.6 Å². The Kier molecular flexibility index (Phi) is 4.67. The average molecular weight is 310 g/mol. The van der Waals surface area contributed by atoms with Crippen LogP contribution >= 0.6 is 0 Å². The molecule has 0 amide bonds. The molecule has 2 fully saturated rings. The van der Waals surface area contributed by atoms with Gasteiger partial charge in [-0.25, -0.2) is 0 Å². The van der Waals surface area contributed by atoms with Crippen LogP contribution in [-0.4, -0.2) is 42.1 Å². The predicted molar refractivity (Wildman–Crippen MR) is 89.5 cm³/mol. The number of nitrogens with zero attached hydrogens (tertiary/aromatic N) is 1. The maximum atomic E-state index is 12.5. The summed E-state index contributed by atoms with van der Waals surface area (Å²) in [6, 6.07) is -0.568. The second-order valence-electron chi connectivity index (χ2n) is 7.82. The van der Waals surface area contributed by atoms with Crippen molar-refractivity contribution in [3.63, 3.8) is 0 Å². The fourth-order valence-electron chi connectivity index (χ4n) is 5.69. The van der Waals surface area contributed by atoms with E-state index in [0.29, 0.717) is 12.5 Å². The van der Waals surface area contributed by atoms with Gasteiger partial charge in [-0.2, -0.15) is 0 Å². The largest absolute Gasteiger partial charge is 0.465 e. The molecule has 0 aliphatic heterocycles. The van der Waals surface area contributed by atoms with E-state index in [4.69, 9.17) is 10.5 Å². The maximum Gasteiger partial charge on any atom is 0.324 e. The van der Waals surface area contributed by atoms with E-state index in [-0.39, 0.29) is 22.3 Å². The molecule has 4 heteroatoms. The van der Waals surface area contributed by atoms with Gasteiger partial charge in [0.05, 0.1) is 12.1 Å². The summed E-state index contributed by atoms with van der Waals surface area (Å²) < 4.78 is 5.31. The van der Waals surface area contributed by atoms with E-state index in [0.717, 1.165) is 25.9 Å². The lowest BCUT2D eigenvalue weighted by atomic mass is 9.59. The van der Waals surface area contributed by atoms with Gasteiger partial charge in [-0.15, -0.1) is 0 Å². The SMILES string of the molecule is CCOC(=O)[C@@H](N)[C@]1(N(CC)CC)C[C@@H]2CC[C@@]1(C)C2(C)C. The minimum absolute atomic E-state index is 0.0445. The minimum atomic E-state index is -0.568. The molecule has 128 valence electrons. The Morgan fingerprint density at radius 3 is 2.23 bits per heavy atom. The summed E-state index contributed by atoms with van der Waals surface area (Å²) >= 11 is 0. The van der Waals surface area contributed by atoms with Crippen molar-refractivity contribution in [2.45, 2.75) is 72.4 Å². The van der Waals surface area contributed by atoms with Crippen molar-refractivity contribution in [2.24, 2.45) is 22.5 Å².